The summed E-state index contributed by atoms with van der Waals surface area (Å²) in [5.74, 6) is -0.621. The second-order valence-electron chi connectivity index (χ2n) is 6.53. The monoisotopic (exact) mass is 382 g/mol. The van der Waals surface area contributed by atoms with Crippen LogP contribution in [-0.4, -0.2) is 34.1 Å². The Morgan fingerprint density at radius 2 is 2.07 bits per heavy atom. The summed E-state index contributed by atoms with van der Waals surface area (Å²) < 4.78 is 13.4. The highest BCUT2D eigenvalue weighted by molar-refractivity contribution is 5.96. The van der Waals surface area contributed by atoms with Crippen LogP contribution in [0.3, 0.4) is 0 Å². The van der Waals surface area contributed by atoms with Gasteiger partial charge in [-0.25, -0.2) is 14.4 Å². The van der Waals surface area contributed by atoms with Crippen molar-refractivity contribution in [1.29, 1.82) is 0 Å². The van der Waals surface area contributed by atoms with E-state index in [0.29, 0.717) is 16.8 Å². The van der Waals surface area contributed by atoms with Gasteiger partial charge in [-0.1, -0.05) is 18.2 Å². The molecule has 28 heavy (non-hydrogen) atoms. The maximum atomic E-state index is 13.4. The molecule has 0 saturated carbocycles. The Morgan fingerprint density at radius 1 is 1.32 bits per heavy atom. The molecule has 2 heterocycles. The van der Waals surface area contributed by atoms with Crippen molar-refractivity contribution in [2.24, 2.45) is 0 Å². The van der Waals surface area contributed by atoms with Crippen molar-refractivity contribution in [3.63, 3.8) is 0 Å². The first-order valence-electron chi connectivity index (χ1n) is 8.66. The standard InChI is InChI=1S/C16H17FN2O2.C5H6N2/c1-11(10-20)7-8-14-15(21)18-16(2,19(14)3)12-5-4-6-13(17)9-12;1-5-2-3-6-4-7-5/h4-10H,1-3H3,(H,18,21);2-4H,1H3/b11-7-,14-8-;. The number of rotatable bonds is 3. The van der Waals surface area contributed by atoms with E-state index in [-0.39, 0.29) is 11.7 Å². The summed E-state index contributed by atoms with van der Waals surface area (Å²) >= 11 is 0. The van der Waals surface area contributed by atoms with E-state index in [1.165, 1.54) is 18.5 Å². The SMILES string of the molecule is C/C(C=O)=C/C=C1/C(=O)NC(C)(c2cccc(F)c2)N1C.Cc1ccncn1. The Balaban J connectivity index is 0.000000336. The van der Waals surface area contributed by atoms with Gasteiger partial charge in [-0.15, -0.1) is 0 Å². The second kappa shape index (κ2) is 9.03. The number of aldehydes is 1. The van der Waals surface area contributed by atoms with Gasteiger partial charge in [-0.2, -0.15) is 0 Å². The van der Waals surface area contributed by atoms with E-state index in [2.05, 4.69) is 15.3 Å². The van der Waals surface area contributed by atoms with Gasteiger partial charge in [0, 0.05) is 24.5 Å². The first-order chi connectivity index (χ1) is 13.3. The quantitative estimate of drug-likeness (QED) is 0.653. The predicted molar refractivity (Wildman–Crippen MR) is 104 cm³/mol. The molecule has 1 unspecified atom stereocenters. The van der Waals surface area contributed by atoms with Crippen LogP contribution in [-0.2, 0) is 15.3 Å². The lowest BCUT2D eigenvalue weighted by Crippen LogP contribution is -2.44. The summed E-state index contributed by atoms with van der Waals surface area (Å²) in [7, 11) is 1.75. The lowest BCUT2D eigenvalue weighted by Gasteiger charge is -2.33. The van der Waals surface area contributed by atoms with Crippen molar-refractivity contribution in [1.82, 2.24) is 20.2 Å². The van der Waals surface area contributed by atoms with Gasteiger partial charge in [0.2, 0.25) is 0 Å². The summed E-state index contributed by atoms with van der Waals surface area (Å²) in [6, 6.07) is 7.98. The topological polar surface area (TPSA) is 75.2 Å². The van der Waals surface area contributed by atoms with Crippen molar-refractivity contribution in [2.45, 2.75) is 26.4 Å². The lowest BCUT2D eigenvalue weighted by atomic mass is 10.0. The van der Waals surface area contributed by atoms with Crippen molar-refractivity contribution in [2.75, 3.05) is 7.05 Å². The number of aryl methyl sites for hydroxylation is 1. The fourth-order valence-electron chi connectivity index (χ4n) is 2.61. The number of hydrogen-bond donors (Lipinski definition) is 1. The smallest absolute Gasteiger partial charge is 0.269 e. The third kappa shape index (κ3) is 4.88. The minimum absolute atomic E-state index is 0.265. The van der Waals surface area contributed by atoms with Gasteiger partial charge in [-0.05, 0) is 50.6 Å². The highest BCUT2D eigenvalue weighted by atomic mass is 19.1. The number of carbonyl (C=O) groups is 2. The first kappa shape index (κ1) is 21.0. The number of nitrogens with zero attached hydrogens (tertiary/aromatic N) is 3. The number of hydrogen-bond acceptors (Lipinski definition) is 5. The van der Waals surface area contributed by atoms with Crippen LogP contribution >= 0.6 is 0 Å². The lowest BCUT2D eigenvalue weighted by molar-refractivity contribution is -0.117. The van der Waals surface area contributed by atoms with E-state index in [4.69, 9.17) is 0 Å². The molecule has 1 fully saturated rings. The molecule has 146 valence electrons. The zero-order valence-electron chi connectivity index (χ0n) is 16.3. The van der Waals surface area contributed by atoms with Crippen LogP contribution in [0.2, 0.25) is 0 Å². The zero-order chi connectivity index (χ0) is 20.7. The van der Waals surface area contributed by atoms with Crippen LogP contribution in [0.5, 0.6) is 0 Å². The van der Waals surface area contributed by atoms with Gasteiger partial charge in [-0.3, -0.25) is 9.59 Å². The van der Waals surface area contributed by atoms with E-state index < -0.39 is 5.66 Å². The molecule has 1 aromatic heterocycles. The fourth-order valence-corrected chi connectivity index (χ4v) is 2.61. The molecule has 1 N–H and O–H groups in total. The molecule has 1 aliphatic heterocycles. The Labute approximate surface area is 163 Å². The van der Waals surface area contributed by atoms with Gasteiger partial charge < -0.3 is 10.2 Å². The van der Waals surface area contributed by atoms with E-state index in [1.54, 1.807) is 56.3 Å². The average Bonchev–Trinajstić information content (AvgIpc) is 2.90. The molecule has 7 heteroatoms. The van der Waals surface area contributed by atoms with E-state index in [1.807, 2.05) is 13.0 Å². The average molecular weight is 382 g/mol. The molecule has 1 atom stereocenters. The minimum atomic E-state index is -0.825. The van der Waals surface area contributed by atoms with E-state index in [0.717, 1.165) is 12.0 Å². The summed E-state index contributed by atoms with van der Waals surface area (Å²) in [5, 5.41) is 2.85. The number of carbonyl (C=O) groups excluding carboxylic acids is 2. The molecule has 1 amide bonds. The van der Waals surface area contributed by atoms with Gasteiger partial charge in [0.1, 0.15) is 29.8 Å². The van der Waals surface area contributed by atoms with Crippen molar-refractivity contribution < 1.29 is 14.0 Å². The number of likely N-dealkylation sites (N-methyl/N-ethyl adjacent to an activating group) is 1. The van der Waals surface area contributed by atoms with Crippen LogP contribution in [0.15, 0.2) is 66.3 Å². The van der Waals surface area contributed by atoms with Gasteiger partial charge in [0.25, 0.3) is 5.91 Å². The summed E-state index contributed by atoms with van der Waals surface area (Å²) in [4.78, 5) is 32.1. The van der Waals surface area contributed by atoms with Crippen LogP contribution in [0.1, 0.15) is 25.1 Å². The summed E-state index contributed by atoms with van der Waals surface area (Å²) in [6.45, 7) is 5.39. The van der Waals surface area contributed by atoms with Crippen LogP contribution in [0.25, 0.3) is 0 Å². The molecule has 2 aromatic rings. The number of benzene rings is 1. The highest BCUT2D eigenvalue weighted by Crippen LogP contribution is 2.33. The molecule has 6 nitrogen and oxygen atoms in total. The molecule has 1 saturated heterocycles. The highest BCUT2D eigenvalue weighted by Gasteiger charge is 2.42. The number of aromatic nitrogens is 2. The molecule has 1 aliphatic rings. The Morgan fingerprint density at radius 3 is 2.61 bits per heavy atom. The first-order valence-corrected chi connectivity index (χ1v) is 8.66. The number of halogens is 1. The molecular formula is C21H23FN4O2. The fraction of sp³-hybridized carbons (Fsp3) is 0.238. The van der Waals surface area contributed by atoms with E-state index >= 15 is 0 Å². The minimum Gasteiger partial charge on any atom is -0.344 e. The van der Waals surface area contributed by atoms with Crippen molar-refractivity contribution in [3.05, 3.63) is 83.4 Å². The predicted octanol–water partition coefficient (Wildman–Crippen LogP) is 2.87. The van der Waals surface area contributed by atoms with Crippen molar-refractivity contribution >= 4 is 12.2 Å². The van der Waals surface area contributed by atoms with Crippen LogP contribution in [0, 0.1) is 12.7 Å². The maximum Gasteiger partial charge on any atom is 0.269 e. The second-order valence-corrected chi connectivity index (χ2v) is 6.53. The molecule has 1 aromatic carbocycles. The molecule has 0 spiro atoms. The Hall–Kier alpha value is -3.35. The molecule has 3 rings (SSSR count). The van der Waals surface area contributed by atoms with Gasteiger partial charge >= 0.3 is 0 Å². The van der Waals surface area contributed by atoms with Gasteiger partial charge in [0.05, 0.1) is 0 Å². The number of nitrogens with one attached hydrogen (secondary N) is 1. The van der Waals surface area contributed by atoms with Gasteiger partial charge in [0.15, 0.2) is 0 Å². The summed E-state index contributed by atoms with van der Waals surface area (Å²) in [5.41, 5.74) is 1.77. The molecule has 0 bridgehead atoms. The maximum absolute atomic E-state index is 13.4. The molecule has 0 aliphatic carbocycles. The third-order valence-corrected chi connectivity index (χ3v) is 4.43. The zero-order valence-corrected chi connectivity index (χ0v) is 16.3. The normalized spacial score (nSPS) is 20.5. The van der Waals surface area contributed by atoms with Crippen LogP contribution < -0.4 is 5.32 Å². The van der Waals surface area contributed by atoms with Crippen molar-refractivity contribution in [3.8, 4) is 0 Å². The number of allylic oxidation sites excluding steroid dienone is 3. The number of amides is 1. The Kier molecular flexibility index (Phi) is 6.76. The Bertz CT molecular complexity index is 912. The molecular weight excluding hydrogens is 359 g/mol. The van der Waals surface area contributed by atoms with Crippen LogP contribution in [0.4, 0.5) is 4.39 Å². The third-order valence-electron chi connectivity index (χ3n) is 4.43. The largest absolute Gasteiger partial charge is 0.344 e. The summed E-state index contributed by atoms with van der Waals surface area (Å²) in [6.07, 6.45) is 7.15. The van der Waals surface area contributed by atoms with E-state index in [9.17, 15) is 14.0 Å². The molecule has 0 radical (unpaired) electrons.